The Bertz CT molecular complexity index is 1460. The van der Waals surface area contributed by atoms with Gasteiger partial charge in [-0.25, -0.2) is 8.42 Å². The van der Waals surface area contributed by atoms with E-state index in [-0.39, 0.29) is 24.4 Å². The first-order valence-corrected chi connectivity index (χ1v) is 14.9. The average Bonchev–Trinajstić information content (AvgIpc) is 2.88. The van der Waals surface area contributed by atoms with Crippen LogP contribution >= 0.6 is 11.6 Å². The Balaban J connectivity index is 0.000000431. The van der Waals surface area contributed by atoms with E-state index >= 15 is 0 Å². The summed E-state index contributed by atoms with van der Waals surface area (Å²) in [5.41, 5.74) is 12.9. The number of rotatable bonds is 7. The molecule has 7 heteroatoms. The molecule has 0 heterocycles. The van der Waals surface area contributed by atoms with Gasteiger partial charge in [-0.2, -0.15) is 4.72 Å². The maximum absolute atomic E-state index is 13.5. The second kappa shape index (κ2) is 14.5. The van der Waals surface area contributed by atoms with Crippen molar-refractivity contribution in [1.82, 2.24) is 4.72 Å². The Hall–Kier alpha value is -2.34. The van der Waals surface area contributed by atoms with Crippen molar-refractivity contribution in [3.8, 4) is 0 Å². The summed E-state index contributed by atoms with van der Waals surface area (Å²) in [6.45, 7) is 12.0. The van der Waals surface area contributed by atoms with Crippen LogP contribution in [0.25, 0.3) is 0 Å². The van der Waals surface area contributed by atoms with Crippen molar-refractivity contribution in [2.45, 2.75) is 63.4 Å². The van der Waals surface area contributed by atoms with Gasteiger partial charge in [-0.15, -0.1) is 0 Å². The second-order valence-electron chi connectivity index (χ2n) is 10.4. The predicted octanol–water partition coefficient (Wildman–Crippen LogP) is 7.80. The molecule has 0 aliphatic rings. The van der Waals surface area contributed by atoms with Gasteiger partial charge in [0.15, 0.2) is 5.00 Å². The molecular weight excluding hydrogens is 625 g/mol. The molecule has 0 radical (unpaired) electrons. The molecule has 4 aromatic carbocycles. The van der Waals surface area contributed by atoms with Crippen LogP contribution < -0.4 is 10.5 Å². The van der Waals surface area contributed by atoms with E-state index in [1.807, 2.05) is 55.5 Å². The SMILES string of the molecule is Cc1cc(C)c(S(=O)(=O)N[C@](Cl)(c2ccccc2)[C@H](N)c2ccccc2)c(C)c1.Cc1ccc(C(C)C)cc1.[Ru]. The van der Waals surface area contributed by atoms with Crippen molar-refractivity contribution in [1.29, 1.82) is 0 Å². The fourth-order valence-electron chi connectivity index (χ4n) is 4.66. The minimum absolute atomic E-state index is 0. The summed E-state index contributed by atoms with van der Waals surface area (Å²) in [6, 6.07) is 29.8. The number of hydrogen-bond donors (Lipinski definition) is 2. The molecule has 4 nitrogen and oxygen atoms in total. The molecule has 0 aromatic heterocycles. The smallest absolute Gasteiger partial charge is 0.242 e. The standard InChI is InChI=1S/C23H25ClN2O2S.C10H14.Ru/c1-16-14-17(2)21(18(3)15-16)29(27,28)26-23(24,20-12-8-5-9-13-20)22(25)19-10-6-4-7-11-19;1-8(2)10-6-4-9(3)5-7-10;/h4-15,22,26H,25H2,1-3H3;4-8H,1-3H3;/t22-,23-;;/m1../s1. The van der Waals surface area contributed by atoms with Gasteiger partial charge in [-0.3, -0.25) is 0 Å². The van der Waals surface area contributed by atoms with E-state index in [0.29, 0.717) is 22.6 Å². The Morgan fingerprint density at radius 2 is 1.20 bits per heavy atom. The summed E-state index contributed by atoms with van der Waals surface area (Å²) in [5, 5.41) is 0. The maximum atomic E-state index is 13.5. The number of sulfonamides is 1. The van der Waals surface area contributed by atoms with Crippen LogP contribution in [0.2, 0.25) is 0 Å². The largest absolute Gasteiger partial charge is 0.321 e. The number of aryl methyl sites for hydroxylation is 4. The van der Waals surface area contributed by atoms with Gasteiger partial charge in [0.2, 0.25) is 10.0 Å². The molecule has 4 rings (SSSR count). The molecule has 0 bridgehead atoms. The van der Waals surface area contributed by atoms with Gasteiger partial charge >= 0.3 is 0 Å². The van der Waals surface area contributed by atoms with Crippen LogP contribution in [0.4, 0.5) is 0 Å². The summed E-state index contributed by atoms with van der Waals surface area (Å²) < 4.78 is 29.6. The van der Waals surface area contributed by atoms with Crippen LogP contribution in [-0.4, -0.2) is 8.42 Å². The zero-order chi connectivity index (χ0) is 28.8. The summed E-state index contributed by atoms with van der Waals surface area (Å²) in [6.07, 6.45) is 0. The zero-order valence-corrected chi connectivity index (χ0v) is 27.2. The Labute approximate surface area is 258 Å². The van der Waals surface area contributed by atoms with Gasteiger partial charge in [0.1, 0.15) is 0 Å². The van der Waals surface area contributed by atoms with E-state index in [2.05, 4.69) is 49.8 Å². The summed E-state index contributed by atoms with van der Waals surface area (Å²) in [4.78, 5) is -1.34. The van der Waals surface area contributed by atoms with Crippen LogP contribution in [0.5, 0.6) is 0 Å². The molecule has 0 amide bonds. The van der Waals surface area contributed by atoms with E-state index < -0.39 is 21.1 Å². The van der Waals surface area contributed by atoms with Crippen LogP contribution in [0.1, 0.15) is 64.8 Å². The monoisotopic (exact) mass is 664 g/mol. The molecule has 0 spiro atoms. The van der Waals surface area contributed by atoms with Gasteiger partial charge in [0, 0.05) is 19.5 Å². The van der Waals surface area contributed by atoms with E-state index in [0.717, 1.165) is 11.1 Å². The first kappa shape index (κ1) is 33.9. The molecule has 0 aliphatic heterocycles. The molecule has 0 fully saturated rings. The van der Waals surface area contributed by atoms with Crippen LogP contribution in [0.15, 0.2) is 102 Å². The zero-order valence-electron chi connectivity index (χ0n) is 23.9. The molecule has 0 saturated heterocycles. The molecule has 0 unspecified atom stereocenters. The first-order chi connectivity index (χ1) is 18.3. The van der Waals surface area contributed by atoms with Crippen LogP contribution in [0, 0.1) is 27.7 Å². The fraction of sp³-hybridized carbons (Fsp3) is 0.273. The topological polar surface area (TPSA) is 72.2 Å². The van der Waals surface area contributed by atoms with Gasteiger partial charge < -0.3 is 5.73 Å². The number of nitrogens with one attached hydrogen (secondary N) is 1. The molecular formula is C33H39ClN2O2RuS. The predicted molar refractivity (Wildman–Crippen MR) is 164 cm³/mol. The van der Waals surface area contributed by atoms with Crippen LogP contribution in [0.3, 0.4) is 0 Å². The summed E-state index contributed by atoms with van der Waals surface area (Å²) >= 11 is 7.00. The number of hydrogen-bond acceptors (Lipinski definition) is 3. The van der Waals surface area contributed by atoms with Crippen LogP contribution in [-0.2, 0) is 34.5 Å². The molecule has 214 valence electrons. The van der Waals surface area contributed by atoms with Gasteiger partial charge in [0.25, 0.3) is 0 Å². The molecule has 2 atom stereocenters. The third kappa shape index (κ3) is 8.34. The quantitative estimate of drug-likeness (QED) is 0.120. The van der Waals surface area contributed by atoms with Crippen molar-refractivity contribution in [3.05, 3.63) is 136 Å². The van der Waals surface area contributed by atoms with E-state index in [1.165, 1.54) is 11.1 Å². The van der Waals surface area contributed by atoms with Crippen molar-refractivity contribution < 1.29 is 27.9 Å². The minimum atomic E-state index is -3.96. The van der Waals surface area contributed by atoms with E-state index in [1.54, 1.807) is 38.1 Å². The third-order valence-electron chi connectivity index (χ3n) is 6.68. The molecule has 0 saturated carbocycles. The Morgan fingerprint density at radius 3 is 1.68 bits per heavy atom. The molecule has 40 heavy (non-hydrogen) atoms. The second-order valence-corrected chi connectivity index (χ2v) is 12.6. The first-order valence-electron chi connectivity index (χ1n) is 13.1. The average molecular weight is 664 g/mol. The Kier molecular flexibility index (Phi) is 12.3. The van der Waals surface area contributed by atoms with Gasteiger partial charge in [0.05, 0.1) is 10.9 Å². The summed E-state index contributed by atoms with van der Waals surface area (Å²) in [5.74, 6) is 0.653. The molecule has 3 N–H and O–H groups in total. The summed E-state index contributed by atoms with van der Waals surface area (Å²) in [7, 11) is -3.96. The number of nitrogens with two attached hydrogens (primary N) is 1. The normalized spacial score (nSPS) is 13.4. The number of alkyl halides is 1. The number of halogens is 1. The van der Waals surface area contributed by atoms with Crippen molar-refractivity contribution in [2.75, 3.05) is 0 Å². The minimum Gasteiger partial charge on any atom is -0.321 e. The maximum Gasteiger partial charge on any atom is 0.242 e. The van der Waals surface area contributed by atoms with E-state index in [4.69, 9.17) is 17.3 Å². The van der Waals surface area contributed by atoms with Crippen molar-refractivity contribution in [2.24, 2.45) is 5.73 Å². The molecule has 4 aromatic rings. The van der Waals surface area contributed by atoms with Gasteiger partial charge in [-0.05, 0) is 61.4 Å². The van der Waals surface area contributed by atoms with E-state index in [9.17, 15) is 8.42 Å². The van der Waals surface area contributed by atoms with Crippen molar-refractivity contribution in [3.63, 3.8) is 0 Å². The number of benzene rings is 4. The Morgan fingerprint density at radius 1 is 0.725 bits per heavy atom. The molecule has 0 aliphatic carbocycles. The fourth-order valence-corrected chi connectivity index (χ4v) is 6.92. The van der Waals surface area contributed by atoms with Crippen molar-refractivity contribution >= 4 is 21.6 Å². The third-order valence-corrected chi connectivity index (χ3v) is 9.11. The van der Waals surface area contributed by atoms with Gasteiger partial charge in [-0.1, -0.05) is 134 Å².